The molecule has 16 heavy (non-hydrogen) atoms. The first-order chi connectivity index (χ1) is 7.35. The van der Waals surface area contributed by atoms with E-state index in [2.05, 4.69) is 19.6 Å². The van der Waals surface area contributed by atoms with Crippen LogP contribution in [-0.4, -0.2) is 33.4 Å². The van der Waals surface area contributed by atoms with Gasteiger partial charge in [-0.25, -0.2) is 0 Å². The molecular formula is C10H17Cl3OSiSn. The Morgan fingerprint density at radius 3 is 1.56 bits per heavy atom. The summed E-state index contributed by atoms with van der Waals surface area (Å²) in [5, 5.41) is 0. The Balaban J connectivity index is 0. The number of ether oxygens (including phenoxy) is 1. The van der Waals surface area contributed by atoms with E-state index in [-0.39, 0.29) is 0 Å². The van der Waals surface area contributed by atoms with Gasteiger partial charge in [0.15, 0.2) is 0 Å². The topological polar surface area (TPSA) is 9.23 Å². The van der Waals surface area contributed by atoms with Crippen molar-refractivity contribution in [3.8, 4) is 5.75 Å². The third kappa shape index (κ3) is 24.2. The second-order valence-electron chi connectivity index (χ2n) is 3.66. The Kier molecular flexibility index (Phi) is 14.9. The van der Waals surface area contributed by atoms with Gasteiger partial charge in [-0.15, -0.1) is 0 Å². The molecule has 0 aliphatic rings. The Labute approximate surface area is 122 Å². The average molecular weight is 406 g/mol. The minimum absolute atomic E-state index is 0.826. The van der Waals surface area contributed by atoms with E-state index in [0.29, 0.717) is 0 Å². The maximum atomic E-state index is 5.67. The van der Waals surface area contributed by atoms with E-state index >= 15 is 0 Å². The number of hydrogen-bond acceptors (Lipinski definition) is 1. The second kappa shape index (κ2) is 12.4. The fraction of sp³-hybridized carbons (Fsp3) is 0.400. The summed E-state index contributed by atoms with van der Waals surface area (Å²) < 4.78 is 4.91. The summed E-state index contributed by atoms with van der Waals surface area (Å²) in [5.74, 6) is 0.910. The summed E-state index contributed by atoms with van der Waals surface area (Å²) in [4.78, 5) is 0. The van der Waals surface area contributed by atoms with Gasteiger partial charge < -0.3 is 4.74 Å². The summed E-state index contributed by atoms with van der Waals surface area (Å²) in [5.41, 5.74) is 0. The zero-order valence-corrected chi connectivity index (χ0v) is 16.1. The van der Waals surface area contributed by atoms with Crippen LogP contribution in [-0.2, 0) is 0 Å². The molecule has 0 atom stereocenters. The number of para-hydroxylation sites is 1. The Morgan fingerprint density at radius 1 is 1.06 bits per heavy atom. The molecule has 0 saturated carbocycles. The van der Waals surface area contributed by atoms with E-state index in [1.54, 1.807) is 7.11 Å². The molecule has 0 fully saturated rings. The van der Waals surface area contributed by atoms with Crippen molar-refractivity contribution in [3.63, 3.8) is 0 Å². The van der Waals surface area contributed by atoms with E-state index in [4.69, 9.17) is 33.7 Å². The van der Waals surface area contributed by atoms with E-state index in [1.165, 1.54) is 0 Å². The Bertz CT molecular complexity index is 236. The molecule has 0 aliphatic heterocycles. The molecule has 1 aromatic rings. The number of hydrogen-bond donors (Lipinski definition) is 0. The van der Waals surface area contributed by atoms with Crippen LogP contribution in [0.1, 0.15) is 0 Å². The van der Waals surface area contributed by atoms with E-state index in [9.17, 15) is 0 Å². The predicted octanol–water partition coefficient (Wildman–Crippen LogP) is 4.75. The van der Waals surface area contributed by atoms with Crippen LogP contribution in [0.3, 0.4) is 0 Å². The van der Waals surface area contributed by atoms with Crippen LogP contribution >= 0.6 is 28.9 Å². The van der Waals surface area contributed by atoms with Crippen LogP contribution in [0.25, 0.3) is 0 Å². The number of halogens is 3. The molecule has 6 heteroatoms. The molecule has 0 N–H and O–H groups in total. The van der Waals surface area contributed by atoms with Crippen molar-refractivity contribution in [1.82, 2.24) is 0 Å². The Hall–Kier alpha value is 0.906. The Morgan fingerprint density at radius 2 is 1.38 bits per heavy atom. The van der Waals surface area contributed by atoms with Crippen LogP contribution in [0, 0.1) is 0 Å². The fourth-order valence-electron chi connectivity index (χ4n) is 0.557. The van der Waals surface area contributed by atoms with Crippen LogP contribution < -0.4 is 4.74 Å². The molecule has 0 amide bonds. The summed E-state index contributed by atoms with van der Waals surface area (Å²) in [6.07, 6.45) is 0. The third-order valence-corrected chi connectivity index (χ3v) is 0.979. The third-order valence-electron chi connectivity index (χ3n) is 0.979. The standard InChI is InChI=1S/C7H8O.C3H9ClSi.2ClH.Sn/c1-8-7-5-3-2-4-6-7;1-5(2,3)4;;;/h2-6H,1H3;1-3H3;2*1H;/q;;;;+2/p-2. The molecular weight excluding hydrogens is 389 g/mol. The van der Waals surface area contributed by atoms with Gasteiger partial charge in [0.05, 0.1) is 7.11 Å². The SMILES string of the molecule is COc1ccccc1.C[Si](C)(C)Cl.[Cl][Sn][Cl]. The van der Waals surface area contributed by atoms with Crippen LogP contribution in [0.4, 0.5) is 0 Å². The first-order valence-corrected chi connectivity index (χ1v) is 16.3. The molecule has 0 aliphatic carbocycles. The van der Waals surface area contributed by atoms with Gasteiger partial charge in [-0.1, -0.05) is 37.8 Å². The normalized spacial score (nSPS) is 9.19. The summed E-state index contributed by atoms with van der Waals surface area (Å²) in [7, 11) is 10.4. The van der Waals surface area contributed by atoms with Crippen LogP contribution in [0.2, 0.25) is 19.6 Å². The molecule has 0 unspecified atom stereocenters. The molecule has 0 bridgehead atoms. The van der Waals surface area contributed by atoms with Gasteiger partial charge in [-0.2, -0.15) is 11.1 Å². The minimum atomic E-state index is -1.14. The molecule has 1 aromatic carbocycles. The molecule has 0 spiro atoms. The number of rotatable bonds is 1. The predicted molar refractivity (Wildman–Crippen MR) is 79.7 cm³/mol. The van der Waals surface area contributed by atoms with E-state index in [1.807, 2.05) is 30.3 Å². The molecule has 0 saturated heterocycles. The van der Waals surface area contributed by atoms with Crippen molar-refractivity contribution in [2.24, 2.45) is 0 Å². The summed E-state index contributed by atoms with van der Waals surface area (Å²) >= 11 is 4.84. The van der Waals surface area contributed by atoms with Crippen molar-refractivity contribution >= 4 is 55.2 Å². The quantitative estimate of drug-likeness (QED) is 0.483. The second-order valence-corrected chi connectivity index (χ2v) is 15.4. The van der Waals surface area contributed by atoms with Crippen LogP contribution in [0.5, 0.6) is 5.75 Å². The van der Waals surface area contributed by atoms with Crippen molar-refractivity contribution in [2.75, 3.05) is 7.11 Å². The molecule has 1 nitrogen and oxygen atoms in total. The van der Waals surface area contributed by atoms with Gasteiger partial charge in [-0.05, 0) is 12.1 Å². The fourth-order valence-corrected chi connectivity index (χ4v) is 0.557. The van der Waals surface area contributed by atoms with E-state index in [0.717, 1.165) is 5.75 Å². The first-order valence-electron chi connectivity index (χ1n) is 4.59. The van der Waals surface area contributed by atoms with E-state index < -0.39 is 26.3 Å². The maximum absolute atomic E-state index is 5.67. The van der Waals surface area contributed by atoms with Crippen molar-refractivity contribution in [1.29, 1.82) is 0 Å². The average Bonchev–Trinajstić information content (AvgIpc) is 2.18. The van der Waals surface area contributed by atoms with Crippen molar-refractivity contribution in [3.05, 3.63) is 30.3 Å². The number of benzene rings is 1. The summed E-state index contributed by atoms with van der Waals surface area (Å²) in [6, 6.07) is 9.68. The van der Waals surface area contributed by atoms with Gasteiger partial charge in [-0.3, -0.25) is 0 Å². The van der Waals surface area contributed by atoms with Crippen LogP contribution in [0.15, 0.2) is 30.3 Å². The molecule has 2 radical (unpaired) electrons. The van der Waals surface area contributed by atoms with Crippen molar-refractivity contribution in [2.45, 2.75) is 19.6 Å². The molecule has 1 rings (SSSR count). The van der Waals surface area contributed by atoms with Gasteiger partial charge in [0.1, 0.15) is 13.1 Å². The first kappa shape index (κ1) is 19.3. The molecule has 0 heterocycles. The number of methoxy groups -OCH3 is 1. The summed E-state index contributed by atoms with van der Waals surface area (Å²) in [6.45, 7) is 6.28. The molecule has 0 aromatic heterocycles. The van der Waals surface area contributed by atoms with Crippen molar-refractivity contribution < 1.29 is 4.74 Å². The zero-order chi connectivity index (χ0) is 13.0. The van der Waals surface area contributed by atoms with Gasteiger partial charge in [0.25, 0.3) is 0 Å². The van der Waals surface area contributed by atoms with Gasteiger partial charge >= 0.3 is 36.7 Å². The zero-order valence-electron chi connectivity index (χ0n) is 9.93. The van der Waals surface area contributed by atoms with Gasteiger partial charge in [0.2, 0.25) is 0 Å². The molecule has 92 valence electrons. The monoisotopic (exact) mass is 406 g/mol. The van der Waals surface area contributed by atoms with Gasteiger partial charge in [0, 0.05) is 0 Å².